The molecule has 0 saturated carbocycles. The number of carbonyl (C=O) groups is 2. The van der Waals surface area contributed by atoms with Gasteiger partial charge >= 0.3 is 0 Å². The number of benzene rings is 2. The van der Waals surface area contributed by atoms with Crippen molar-refractivity contribution in [3.05, 3.63) is 66.0 Å². The van der Waals surface area contributed by atoms with Gasteiger partial charge in [-0.25, -0.2) is 17.1 Å². The first kappa shape index (κ1) is 25.5. The average Bonchev–Trinajstić information content (AvgIpc) is 2.78. The van der Waals surface area contributed by atoms with E-state index in [0.29, 0.717) is 18.5 Å². The number of halogens is 1. The molecule has 1 N–H and O–H groups in total. The number of rotatable bonds is 11. The van der Waals surface area contributed by atoms with Crippen molar-refractivity contribution in [2.45, 2.75) is 44.2 Å². The molecule has 1 atom stereocenters. The van der Waals surface area contributed by atoms with Gasteiger partial charge in [-0.3, -0.25) is 9.59 Å². The van der Waals surface area contributed by atoms with E-state index in [1.807, 2.05) is 0 Å². The van der Waals surface area contributed by atoms with Crippen molar-refractivity contribution < 1.29 is 22.4 Å². The second-order valence-corrected chi connectivity index (χ2v) is 9.51. The Morgan fingerprint density at radius 3 is 2.28 bits per heavy atom. The summed E-state index contributed by atoms with van der Waals surface area (Å²) in [5.41, 5.74) is 0.694. The summed E-state index contributed by atoms with van der Waals surface area (Å²) >= 11 is 0. The van der Waals surface area contributed by atoms with Crippen LogP contribution < -0.4 is 5.32 Å². The lowest BCUT2D eigenvalue weighted by atomic mass is 10.1. The Balaban J connectivity index is 2.05. The van der Waals surface area contributed by atoms with Crippen LogP contribution in [0.4, 0.5) is 4.39 Å². The highest BCUT2D eigenvalue weighted by atomic mass is 32.2. The van der Waals surface area contributed by atoms with Crippen LogP contribution in [-0.2, 0) is 26.2 Å². The number of nitrogens with zero attached hydrogens (tertiary/aromatic N) is 2. The summed E-state index contributed by atoms with van der Waals surface area (Å²) in [6.07, 6.45) is 0.364. The van der Waals surface area contributed by atoms with Gasteiger partial charge in [-0.2, -0.15) is 0 Å². The third kappa shape index (κ3) is 6.86. The van der Waals surface area contributed by atoms with Gasteiger partial charge in [0.2, 0.25) is 21.8 Å². The number of hydrogen-bond donors (Lipinski definition) is 1. The molecule has 0 aliphatic heterocycles. The van der Waals surface area contributed by atoms with Gasteiger partial charge in [0, 0.05) is 33.1 Å². The number of nitrogens with one attached hydrogen (secondary N) is 1. The number of sulfonamides is 1. The molecule has 7 nitrogen and oxygen atoms in total. The Bertz CT molecular complexity index is 998. The molecule has 0 aliphatic carbocycles. The minimum Gasteiger partial charge on any atom is -0.355 e. The van der Waals surface area contributed by atoms with Crippen molar-refractivity contribution in [2.75, 3.05) is 20.1 Å². The van der Waals surface area contributed by atoms with Gasteiger partial charge in [0.25, 0.3) is 0 Å². The van der Waals surface area contributed by atoms with E-state index in [-0.39, 0.29) is 42.0 Å². The summed E-state index contributed by atoms with van der Waals surface area (Å²) in [5, 5.41) is 2.71. The molecule has 0 radical (unpaired) electrons. The molecule has 9 heteroatoms. The van der Waals surface area contributed by atoms with Gasteiger partial charge in [0.05, 0.1) is 4.90 Å². The zero-order valence-electron chi connectivity index (χ0n) is 18.6. The van der Waals surface area contributed by atoms with Gasteiger partial charge in [-0.1, -0.05) is 30.3 Å². The van der Waals surface area contributed by atoms with Crippen LogP contribution in [0.15, 0.2) is 59.5 Å². The Morgan fingerprint density at radius 2 is 1.69 bits per heavy atom. The minimum atomic E-state index is -3.64. The fraction of sp³-hybridized carbons (Fsp3) is 0.391. The Morgan fingerprint density at radius 1 is 1.06 bits per heavy atom. The fourth-order valence-corrected chi connectivity index (χ4v) is 4.41. The van der Waals surface area contributed by atoms with Gasteiger partial charge < -0.3 is 10.2 Å². The largest absolute Gasteiger partial charge is 0.355 e. The molecule has 0 bridgehead atoms. The second-order valence-electron chi connectivity index (χ2n) is 7.46. The van der Waals surface area contributed by atoms with Crippen molar-refractivity contribution in [3.63, 3.8) is 0 Å². The van der Waals surface area contributed by atoms with Crippen molar-refractivity contribution in [3.8, 4) is 0 Å². The molecule has 0 spiro atoms. The molecule has 2 amide bonds. The van der Waals surface area contributed by atoms with E-state index in [2.05, 4.69) is 5.32 Å². The maximum absolute atomic E-state index is 13.2. The maximum Gasteiger partial charge on any atom is 0.242 e. The van der Waals surface area contributed by atoms with Crippen LogP contribution in [0.2, 0.25) is 0 Å². The highest BCUT2D eigenvalue weighted by molar-refractivity contribution is 7.89. The third-order valence-electron chi connectivity index (χ3n) is 5.10. The molecule has 2 aromatic carbocycles. The van der Waals surface area contributed by atoms with Crippen LogP contribution in [-0.4, -0.2) is 55.6 Å². The van der Waals surface area contributed by atoms with Crippen molar-refractivity contribution in [1.82, 2.24) is 14.5 Å². The van der Waals surface area contributed by atoms with Crippen LogP contribution in [0, 0.1) is 5.82 Å². The number of hydrogen-bond acceptors (Lipinski definition) is 4. The van der Waals surface area contributed by atoms with E-state index in [9.17, 15) is 22.4 Å². The van der Waals surface area contributed by atoms with Crippen LogP contribution in [0.3, 0.4) is 0 Å². The third-order valence-corrected chi connectivity index (χ3v) is 6.97. The van der Waals surface area contributed by atoms with Crippen molar-refractivity contribution in [1.29, 1.82) is 0 Å². The monoisotopic (exact) mass is 463 g/mol. The van der Waals surface area contributed by atoms with E-state index in [4.69, 9.17) is 0 Å². The normalized spacial score (nSPS) is 12.4. The fourth-order valence-electron chi connectivity index (χ4n) is 3.18. The Hall–Kier alpha value is -2.78. The topological polar surface area (TPSA) is 86.8 Å². The summed E-state index contributed by atoms with van der Waals surface area (Å²) < 4.78 is 39.7. The summed E-state index contributed by atoms with van der Waals surface area (Å²) in [6.45, 7) is 4.17. The quantitative estimate of drug-likeness (QED) is 0.555. The standard InChI is InChI=1S/C23H30FN3O4S/c1-4-25-23(29)18(2)27(17-19-12-14-20(24)15-13-19)22(28)11-8-16-26(3)32(30,31)21-9-6-5-7-10-21/h5-7,9-10,12-15,18H,4,8,11,16-17H2,1-3H3,(H,25,29). The predicted molar refractivity (Wildman–Crippen MR) is 121 cm³/mol. The zero-order chi connectivity index (χ0) is 23.7. The Kier molecular flexibility index (Phi) is 9.34. The molecule has 0 aromatic heterocycles. The summed E-state index contributed by atoms with van der Waals surface area (Å²) in [7, 11) is -2.17. The van der Waals surface area contributed by atoms with Crippen molar-refractivity contribution >= 4 is 21.8 Å². The number of amides is 2. The van der Waals surface area contributed by atoms with E-state index in [0.717, 1.165) is 0 Å². The first-order valence-electron chi connectivity index (χ1n) is 10.5. The maximum atomic E-state index is 13.2. The molecule has 1 unspecified atom stereocenters. The van der Waals surface area contributed by atoms with Gasteiger partial charge in [0.15, 0.2) is 0 Å². The van der Waals surface area contributed by atoms with Crippen LogP contribution >= 0.6 is 0 Å². The smallest absolute Gasteiger partial charge is 0.242 e. The molecule has 2 aromatic rings. The Labute approximate surface area is 189 Å². The van der Waals surface area contributed by atoms with E-state index in [1.54, 1.807) is 44.2 Å². The van der Waals surface area contributed by atoms with Crippen LogP contribution in [0.1, 0.15) is 32.3 Å². The summed E-state index contributed by atoms with van der Waals surface area (Å²) in [6, 6.07) is 13.1. The SMILES string of the molecule is CCNC(=O)C(C)N(Cc1ccc(F)cc1)C(=O)CCCN(C)S(=O)(=O)c1ccccc1. The van der Waals surface area contributed by atoms with Crippen LogP contribution in [0.5, 0.6) is 0 Å². The summed E-state index contributed by atoms with van der Waals surface area (Å²) in [4.78, 5) is 26.9. The van der Waals surface area contributed by atoms with Crippen molar-refractivity contribution in [2.24, 2.45) is 0 Å². The summed E-state index contributed by atoms with van der Waals surface area (Å²) in [5.74, 6) is -0.948. The molecule has 174 valence electrons. The van der Waals surface area contributed by atoms with Crippen LogP contribution in [0.25, 0.3) is 0 Å². The molecule has 0 saturated heterocycles. The molecule has 0 fully saturated rings. The first-order valence-corrected chi connectivity index (χ1v) is 11.9. The van der Waals surface area contributed by atoms with E-state index >= 15 is 0 Å². The molecule has 2 rings (SSSR count). The average molecular weight is 464 g/mol. The van der Waals surface area contributed by atoms with Gasteiger partial charge in [-0.15, -0.1) is 0 Å². The number of carbonyl (C=O) groups excluding carboxylic acids is 2. The lowest BCUT2D eigenvalue weighted by Gasteiger charge is -2.29. The first-order chi connectivity index (χ1) is 15.2. The molecular formula is C23H30FN3O4S. The van der Waals surface area contributed by atoms with Gasteiger partial charge in [0.1, 0.15) is 11.9 Å². The predicted octanol–water partition coefficient (Wildman–Crippen LogP) is 2.78. The molecular weight excluding hydrogens is 433 g/mol. The van der Waals surface area contributed by atoms with E-state index in [1.165, 1.54) is 40.5 Å². The molecule has 0 heterocycles. The molecule has 0 aliphatic rings. The van der Waals surface area contributed by atoms with E-state index < -0.39 is 16.1 Å². The molecule has 32 heavy (non-hydrogen) atoms. The lowest BCUT2D eigenvalue weighted by molar-refractivity contribution is -0.140. The number of likely N-dealkylation sites (N-methyl/N-ethyl adjacent to an activating group) is 1. The van der Waals surface area contributed by atoms with Gasteiger partial charge in [-0.05, 0) is 50.1 Å². The second kappa shape index (κ2) is 11.7. The highest BCUT2D eigenvalue weighted by Gasteiger charge is 2.26. The lowest BCUT2D eigenvalue weighted by Crippen LogP contribution is -2.47. The minimum absolute atomic E-state index is 0.0690. The highest BCUT2D eigenvalue weighted by Crippen LogP contribution is 2.16. The zero-order valence-corrected chi connectivity index (χ0v) is 19.4.